The molecule has 0 radical (unpaired) electrons. The van der Waals surface area contributed by atoms with Gasteiger partial charge < -0.3 is 44.3 Å². The van der Waals surface area contributed by atoms with Crippen LogP contribution in [0.5, 0.6) is 0 Å². The Kier molecular flexibility index (Phi) is 16.6. The Balaban J connectivity index is 1.23. The Hall–Kier alpha value is -2.07. The highest BCUT2D eigenvalue weighted by atomic mass is 35.5. The molecule has 0 bridgehead atoms. The number of carbonyl (C=O) groups is 3. The first-order chi connectivity index (χ1) is 30.1. The molecule has 2 spiro atoms. The number of rotatable bonds is 15. The number of carboxylic acid groups (broad SMARTS) is 1. The minimum absolute atomic E-state index is 0.0282. The van der Waals surface area contributed by atoms with Crippen LogP contribution in [0.3, 0.4) is 0 Å². The third-order valence-electron chi connectivity index (χ3n) is 16.0. The topological polar surface area (TPSA) is 170 Å². The SMILES string of the molecule is CCC(C(=O)[C@@H](C)[C@@H](O)[C@H](C)[C@@H]1O[C@@H]([C@@H](CC)C(=O)O)CC[C@@H]1C)[C@H]1O[C@]2(C=CC(NC(=O)SCc3ccc(Cl)cc3)[C@]3(CC[C@@](C)([C@H]4CC[C@](O)(CC)[C@H](C)O4)O3)O2)[C@H](C)C[C@@H]1C. The van der Waals surface area contributed by atoms with Crippen LogP contribution in [0.15, 0.2) is 36.4 Å². The van der Waals surface area contributed by atoms with Crippen molar-refractivity contribution in [1.29, 1.82) is 0 Å². The van der Waals surface area contributed by atoms with Crippen LogP contribution in [-0.2, 0) is 39.0 Å². The van der Waals surface area contributed by atoms with Gasteiger partial charge in [0.2, 0.25) is 0 Å². The molecule has 14 heteroatoms. The second-order valence-electron chi connectivity index (χ2n) is 20.3. The summed E-state index contributed by atoms with van der Waals surface area (Å²) in [6.07, 6.45) is 6.46. The zero-order valence-electron chi connectivity index (χ0n) is 39.7. The number of nitrogens with one attached hydrogen (secondary N) is 1. The Morgan fingerprint density at radius 1 is 0.906 bits per heavy atom. The van der Waals surface area contributed by atoms with Crippen molar-refractivity contribution in [2.45, 2.75) is 205 Å². The average molecular weight is 935 g/mol. The molecule has 12 nitrogen and oxygen atoms in total. The maximum atomic E-state index is 14.7. The number of aliphatic carboxylic acids is 1. The van der Waals surface area contributed by atoms with Crippen molar-refractivity contribution in [3.05, 3.63) is 47.0 Å². The second-order valence-corrected chi connectivity index (χ2v) is 21.7. The van der Waals surface area contributed by atoms with Gasteiger partial charge in [0.15, 0.2) is 11.6 Å². The van der Waals surface area contributed by atoms with E-state index in [9.17, 15) is 29.7 Å². The van der Waals surface area contributed by atoms with Gasteiger partial charge in [-0.3, -0.25) is 14.4 Å². The zero-order valence-corrected chi connectivity index (χ0v) is 41.3. The van der Waals surface area contributed by atoms with E-state index in [4.69, 9.17) is 35.3 Å². The number of hydrogen-bond donors (Lipinski definition) is 4. The fraction of sp³-hybridized carbons (Fsp3) is 0.780. The molecule has 1 aromatic rings. The van der Waals surface area contributed by atoms with E-state index in [0.29, 0.717) is 68.6 Å². The third-order valence-corrected chi connectivity index (χ3v) is 17.1. The van der Waals surface area contributed by atoms with Crippen LogP contribution in [0.1, 0.15) is 139 Å². The Bertz CT molecular complexity index is 1820. The molecule has 0 aromatic heterocycles. The zero-order chi connectivity index (χ0) is 46.9. The van der Waals surface area contributed by atoms with Gasteiger partial charge in [0.25, 0.3) is 5.24 Å². The van der Waals surface area contributed by atoms with E-state index in [1.807, 2.05) is 65.8 Å². The number of Topliss-reactive ketones (excluding diaryl/α,β-unsaturated/α-hetero) is 1. The van der Waals surface area contributed by atoms with E-state index in [1.165, 1.54) is 0 Å². The van der Waals surface area contributed by atoms with Gasteiger partial charge in [0.1, 0.15) is 11.8 Å². The van der Waals surface area contributed by atoms with Crippen LogP contribution in [0.2, 0.25) is 5.02 Å². The molecule has 0 saturated carbocycles. The van der Waals surface area contributed by atoms with Crippen molar-refractivity contribution in [2.24, 2.45) is 41.4 Å². The third kappa shape index (κ3) is 10.5. The lowest BCUT2D eigenvalue weighted by molar-refractivity contribution is -0.397. The van der Waals surface area contributed by atoms with Gasteiger partial charge in [0.05, 0.1) is 53.7 Å². The summed E-state index contributed by atoms with van der Waals surface area (Å²) in [4.78, 5) is 40.5. The van der Waals surface area contributed by atoms with Gasteiger partial charge in [-0.2, -0.15) is 0 Å². The Labute approximate surface area is 390 Å². The monoisotopic (exact) mass is 933 g/mol. The average Bonchev–Trinajstić information content (AvgIpc) is 3.61. The van der Waals surface area contributed by atoms with Crippen LogP contribution in [0.25, 0.3) is 0 Å². The lowest BCUT2D eigenvalue weighted by Crippen LogP contribution is -2.65. The molecule has 2 unspecified atom stereocenters. The summed E-state index contributed by atoms with van der Waals surface area (Å²) in [5.41, 5.74) is -0.772. The molecule has 0 aliphatic carbocycles. The second kappa shape index (κ2) is 20.7. The smallest absolute Gasteiger partial charge is 0.309 e. The first kappa shape index (κ1) is 51.3. The van der Waals surface area contributed by atoms with Gasteiger partial charge in [-0.15, -0.1) is 0 Å². The highest BCUT2D eigenvalue weighted by molar-refractivity contribution is 8.12. The molecule has 4 saturated heterocycles. The fourth-order valence-electron chi connectivity index (χ4n) is 11.6. The van der Waals surface area contributed by atoms with Crippen molar-refractivity contribution in [3.63, 3.8) is 0 Å². The molecule has 360 valence electrons. The van der Waals surface area contributed by atoms with Gasteiger partial charge in [-0.1, -0.05) is 97.0 Å². The molecule has 6 rings (SSSR count). The summed E-state index contributed by atoms with van der Waals surface area (Å²) in [6, 6.07) is 6.72. The van der Waals surface area contributed by atoms with Crippen molar-refractivity contribution in [2.75, 3.05) is 0 Å². The predicted octanol–water partition coefficient (Wildman–Crippen LogP) is 9.49. The summed E-state index contributed by atoms with van der Waals surface area (Å²) in [5.74, 6) is -5.63. The van der Waals surface area contributed by atoms with E-state index >= 15 is 0 Å². The summed E-state index contributed by atoms with van der Waals surface area (Å²) in [5, 5.41) is 36.6. The normalized spacial score (nSPS) is 40.1. The van der Waals surface area contributed by atoms with Crippen LogP contribution >= 0.6 is 23.4 Å². The van der Waals surface area contributed by atoms with Crippen molar-refractivity contribution in [1.82, 2.24) is 5.32 Å². The van der Waals surface area contributed by atoms with Crippen LogP contribution in [-0.4, -0.2) is 97.8 Å². The summed E-state index contributed by atoms with van der Waals surface area (Å²) < 4.78 is 34.7. The highest BCUT2D eigenvalue weighted by Crippen LogP contribution is 2.54. The Morgan fingerprint density at radius 3 is 2.22 bits per heavy atom. The lowest BCUT2D eigenvalue weighted by atomic mass is 9.72. The molecule has 5 aliphatic rings. The standard InChI is InChI=1S/C50H76ClNO11S/c1-11-36(45(55)56)38-19-14-28(4)43(60-38)32(8)41(53)31(7)42(54)37(12-2)44-29(5)26-30(6)49(61-44)23-20-39(52-46(57)64-27-34-15-17-35(51)18-16-34)50(63-49)25-24-47(10,62-50)40-21-22-48(58,13-3)33(9)59-40/h15-18,20,23,28-33,36-41,43-44,53,58H,11-14,19,21-22,24-27H2,1-10H3,(H,52,57)(H,55,56)/t28-,29-,30+,31-,32-,33-,36+,37?,38+,39?,40+,41+,43+,44-,47-,48+,49-,50-/m0/s1. The molecule has 5 heterocycles. The number of hydrogen-bond acceptors (Lipinski definition) is 11. The maximum absolute atomic E-state index is 14.7. The van der Waals surface area contributed by atoms with Crippen LogP contribution in [0.4, 0.5) is 4.79 Å². The van der Waals surface area contributed by atoms with Crippen molar-refractivity contribution >= 4 is 40.4 Å². The summed E-state index contributed by atoms with van der Waals surface area (Å²) in [7, 11) is 0. The number of ketones is 1. The molecule has 1 aromatic carbocycles. The minimum atomic E-state index is -1.35. The number of aliphatic hydroxyl groups excluding tert-OH is 1. The first-order valence-electron chi connectivity index (χ1n) is 24.1. The molecular formula is C50H76ClNO11S. The highest BCUT2D eigenvalue weighted by Gasteiger charge is 2.63. The van der Waals surface area contributed by atoms with Gasteiger partial charge >= 0.3 is 5.97 Å². The molecule has 1 amide bonds. The van der Waals surface area contributed by atoms with Gasteiger partial charge in [0, 0.05) is 40.9 Å². The predicted molar refractivity (Wildman–Crippen MR) is 248 cm³/mol. The number of carboxylic acids is 1. The fourth-order valence-corrected chi connectivity index (χ4v) is 12.4. The number of benzene rings is 1. The summed E-state index contributed by atoms with van der Waals surface area (Å²) in [6.45, 7) is 19.7. The number of halogens is 1. The molecule has 4 fully saturated rings. The number of amides is 1. The van der Waals surface area contributed by atoms with E-state index in [0.717, 1.165) is 23.7 Å². The van der Waals surface area contributed by atoms with Crippen LogP contribution in [0, 0.1) is 41.4 Å². The van der Waals surface area contributed by atoms with Gasteiger partial charge in [-0.25, -0.2) is 0 Å². The van der Waals surface area contributed by atoms with E-state index in [1.54, 1.807) is 19.1 Å². The van der Waals surface area contributed by atoms with Crippen molar-refractivity contribution in [3.8, 4) is 0 Å². The number of ether oxygens (including phenoxy) is 5. The van der Waals surface area contributed by atoms with Gasteiger partial charge in [-0.05, 0) is 107 Å². The molecule has 64 heavy (non-hydrogen) atoms. The number of thioether (sulfide) groups is 1. The van der Waals surface area contributed by atoms with E-state index in [-0.39, 0.29) is 34.9 Å². The minimum Gasteiger partial charge on any atom is -0.481 e. The van der Waals surface area contributed by atoms with E-state index < -0.39 is 89.0 Å². The number of aliphatic hydroxyl groups is 2. The summed E-state index contributed by atoms with van der Waals surface area (Å²) >= 11 is 7.25. The van der Waals surface area contributed by atoms with Crippen molar-refractivity contribution < 1.29 is 53.4 Å². The molecule has 4 N–H and O–H groups in total. The Morgan fingerprint density at radius 2 is 1.59 bits per heavy atom. The van der Waals surface area contributed by atoms with Crippen LogP contribution < -0.4 is 5.32 Å². The lowest BCUT2D eigenvalue weighted by Gasteiger charge is -2.55. The molecule has 5 aliphatic heterocycles. The molecular weight excluding hydrogens is 858 g/mol. The first-order valence-corrected chi connectivity index (χ1v) is 25.4. The van der Waals surface area contributed by atoms with E-state index in [2.05, 4.69) is 26.1 Å². The molecule has 18 atom stereocenters. The number of carbonyl (C=O) groups excluding carboxylic acids is 2. The largest absolute Gasteiger partial charge is 0.481 e. The quantitative estimate of drug-likeness (QED) is 0.123. The maximum Gasteiger partial charge on any atom is 0.309 e.